The topological polar surface area (TPSA) is 60.7 Å². The van der Waals surface area contributed by atoms with Crippen LogP contribution in [0.2, 0.25) is 0 Å². The van der Waals surface area contributed by atoms with Crippen molar-refractivity contribution in [3.63, 3.8) is 0 Å². The van der Waals surface area contributed by atoms with E-state index in [1.807, 2.05) is 61.9 Å². The number of hydrogen-bond donors (Lipinski definition) is 3. The number of phenols is 3. The summed E-state index contributed by atoms with van der Waals surface area (Å²) in [5.74, 6) is 1.49. The zero-order valence-electron chi connectivity index (χ0n) is 26.2. The van der Waals surface area contributed by atoms with Gasteiger partial charge in [0.1, 0.15) is 17.2 Å². The number of benzene rings is 3. The second-order valence-corrected chi connectivity index (χ2v) is 13.9. The van der Waals surface area contributed by atoms with Gasteiger partial charge in [-0.05, 0) is 71.4 Å². The fourth-order valence-corrected chi connectivity index (χ4v) is 4.46. The minimum Gasteiger partial charge on any atom is -0.508 e. The van der Waals surface area contributed by atoms with Gasteiger partial charge in [0.25, 0.3) is 0 Å². The Bertz CT molecular complexity index is 1190. The Hall–Kier alpha value is -2.38. The monoisotopic (exact) mass is 616 g/mol. The van der Waals surface area contributed by atoms with Crippen molar-refractivity contribution in [1.29, 1.82) is 0 Å². The Morgan fingerprint density at radius 1 is 0.692 bits per heavy atom. The molecule has 214 valence electrons. The van der Waals surface area contributed by atoms with Crippen LogP contribution in [0.5, 0.6) is 17.2 Å². The molecule has 0 unspecified atom stereocenters. The van der Waals surface area contributed by atoms with Gasteiger partial charge in [0.05, 0.1) is 0 Å². The third-order valence-corrected chi connectivity index (χ3v) is 6.47. The molecule has 3 nitrogen and oxygen atoms in total. The molecule has 3 rings (SSSR count). The molecule has 0 aromatic heterocycles. The van der Waals surface area contributed by atoms with Crippen LogP contribution < -0.4 is 0 Å². The molecule has 0 saturated carbocycles. The summed E-state index contributed by atoms with van der Waals surface area (Å²) in [6, 6.07) is 13.8. The summed E-state index contributed by atoms with van der Waals surface area (Å²) in [5, 5.41) is 31.0. The smallest absolute Gasteiger partial charge is 0.122 e. The first-order valence-electron chi connectivity index (χ1n) is 13.7. The molecule has 0 heterocycles. The Kier molecular flexibility index (Phi) is 12.7. The Morgan fingerprint density at radius 3 is 1.38 bits per heavy atom. The van der Waals surface area contributed by atoms with Gasteiger partial charge in [-0.3, -0.25) is 0 Å². The molecule has 0 bridgehead atoms. The molecule has 39 heavy (non-hydrogen) atoms. The zero-order valence-corrected chi connectivity index (χ0v) is 28.2. The molecular formula is C35H50MoO3. The van der Waals surface area contributed by atoms with Crippen molar-refractivity contribution in [1.82, 2.24) is 0 Å². The summed E-state index contributed by atoms with van der Waals surface area (Å²) >= 11 is 1.95. The zero-order chi connectivity index (χ0) is 30.3. The largest absolute Gasteiger partial charge is 0.508 e. The Morgan fingerprint density at radius 2 is 1.08 bits per heavy atom. The van der Waals surface area contributed by atoms with Crippen molar-refractivity contribution in [2.45, 2.75) is 106 Å². The van der Waals surface area contributed by atoms with Crippen LogP contribution in [0, 0.1) is 20.8 Å². The normalized spacial score (nSPS) is 11.3. The van der Waals surface area contributed by atoms with Crippen LogP contribution in [0.15, 0.2) is 42.5 Å². The van der Waals surface area contributed by atoms with Crippen molar-refractivity contribution in [3.05, 3.63) is 87.0 Å². The van der Waals surface area contributed by atoms with Gasteiger partial charge in [0.15, 0.2) is 0 Å². The van der Waals surface area contributed by atoms with Crippen molar-refractivity contribution < 1.29 is 34.7 Å². The van der Waals surface area contributed by atoms with Gasteiger partial charge in [-0.15, -0.1) is 0 Å². The fraction of sp³-hybridized carbons (Fsp3) is 0.457. The molecule has 4 heteroatoms. The standard InChI is InChI=1S/C23H32O2.C10H14O.C2H4.Mo/c1-14-9-16(20(24)18(11-14)22(3,4)5)13-17-10-15(2)12-19(21(17)25)23(6,7)8;1-7(2)9-6-8(3)4-5-10(9)11;1-2;/h9-12,24-25H,13H2,1-8H3;4-7,11H,1-3H3;1H,2H3;. The van der Waals surface area contributed by atoms with E-state index in [4.69, 9.17) is 0 Å². The van der Waals surface area contributed by atoms with Crippen LogP contribution in [0.25, 0.3) is 0 Å². The second kappa shape index (κ2) is 14.3. The van der Waals surface area contributed by atoms with Gasteiger partial charge in [-0.2, -0.15) is 0 Å². The van der Waals surface area contributed by atoms with E-state index in [0.29, 0.717) is 29.6 Å². The SMILES string of the molecule is C[CH]=[Mo].Cc1cc(Cc2cc(C)cc(C(C)(C)C)c2O)c(O)c(C(C)(C)C)c1.Cc1ccc(O)c(C(C)C)c1. The predicted octanol–water partition coefficient (Wildman–Crippen LogP) is 9.08. The summed E-state index contributed by atoms with van der Waals surface area (Å²) < 4.78 is 2.01. The van der Waals surface area contributed by atoms with Crippen LogP contribution in [-0.4, -0.2) is 19.7 Å². The van der Waals surface area contributed by atoms with E-state index in [1.165, 1.54) is 5.56 Å². The average Bonchev–Trinajstić information content (AvgIpc) is 2.79. The number of rotatable bonds is 3. The van der Waals surface area contributed by atoms with Gasteiger partial charge in [0, 0.05) is 6.42 Å². The summed E-state index contributed by atoms with van der Waals surface area (Å²) in [6.07, 6.45) is 0.521. The molecule has 0 atom stereocenters. The molecule has 3 aromatic rings. The van der Waals surface area contributed by atoms with Crippen LogP contribution in [0.1, 0.15) is 113 Å². The van der Waals surface area contributed by atoms with Crippen molar-refractivity contribution in [2.24, 2.45) is 0 Å². The third kappa shape index (κ3) is 10.3. The maximum Gasteiger partial charge on any atom is 0.122 e. The quantitative estimate of drug-likeness (QED) is 0.258. The first kappa shape index (κ1) is 34.6. The molecule has 0 aliphatic carbocycles. The van der Waals surface area contributed by atoms with Crippen molar-refractivity contribution in [2.75, 3.05) is 0 Å². The van der Waals surface area contributed by atoms with E-state index in [2.05, 4.69) is 81.4 Å². The van der Waals surface area contributed by atoms with E-state index in [1.54, 1.807) is 6.07 Å². The maximum atomic E-state index is 10.8. The van der Waals surface area contributed by atoms with E-state index >= 15 is 0 Å². The van der Waals surface area contributed by atoms with Crippen LogP contribution >= 0.6 is 0 Å². The Labute approximate surface area is 248 Å². The molecule has 0 aliphatic rings. The van der Waals surface area contributed by atoms with E-state index in [0.717, 1.165) is 38.9 Å². The van der Waals surface area contributed by atoms with Gasteiger partial charge in [0.2, 0.25) is 0 Å². The number of aryl methyl sites for hydroxylation is 3. The molecule has 3 N–H and O–H groups in total. The van der Waals surface area contributed by atoms with Crippen molar-refractivity contribution >= 4 is 4.40 Å². The summed E-state index contributed by atoms with van der Waals surface area (Å²) in [7, 11) is 0. The van der Waals surface area contributed by atoms with Crippen LogP contribution in [-0.2, 0) is 36.6 Å². The molecule has 0 amide bonds. The Balaban J connectivity index is 0.000000450. The summed E-state index contributed by atoms with van der Waals surface area (Å²) in [4.78, 5) is 0. The molecule has 0 radical (unpaired) electrons. The van der Waals surface area contributed by atoms with E-state index < -0.39 is 0 Å². The molecule has 0 fully saturated rings. The van der Waals surface area contributed by atoms with Crippen LogP contribution in [0.3, 0.4) is 0 Å². The third-order valence-electron chi connectivity index (χ3n) is 6.47. The predicted molar refractivity (Wildman–Crippen MR) is 165 cm³/mol. The minimum absolute atomic E-state index is 0.129. The maximum absolute atomic E-state index is 10.8. The van der Waals surface area contributed by atoms with Crippen LogP contribution in [0.4, 0.5) is 0 Å². The first-order chi connectivity index (χ1) is 17.8. The number of phenolic OH excluding ortho intramolecular Hbond substituents is 3. The fourth-order valence-electron chi connectivity index (χ4n) is 4.46. The molecule has 0 spiro atoms. The van der Waals surface area contributed by atoms with Gasteiger partial charge in [-0.25, -0.2) is 0 Å². The molecule has 0 aliphatic heterocycles. The van der Waals surface area contributed by atoms with Crippen molar-refractivity contribution in [3.8, 4) is 17.2 Å². The minimum atomic E-state index is -0.129. The second-order valence-electron chi connectivity index (χ2n) is 12.8. The number of hydrogen-bond acceptors (Lipinski definition) is 3. The molecule has 3 aromatic carbocycles. The average molecular weight is 615 g/mol. The van der Waals surface area contributed by atoms with E-state index in [9.17, 15) is 15.3 Å². The summed E-state index contributed by atoms with van der Waals surface area (Å²) in [6.45, 7) is 24.9. The summed E-state index contributed by atoms with van der Waals surface area (Å²) in [5.41, 5.74) is 7.86. The number of aromatic hydroxyl groups is 3. The van der Waals surface area contributed by atoms with Gasteiger partial charge < -0.3 is 15.3 Å². The van der Waals surface area contributed by atoms with Gasteiger partial charge >= 0.3 is 30.7 Å². The molecular weight excluding hydrogens is 564 g/mol. The molecule has 0 saturated heterocycles. The first-order valence-corrected chi connectivity index (χ1v) is 14.8. The van der Waals surface area contributed by atoms with E-state index in [-0.39, 0.29) is 10.8 Å². The van der Waals surface area contributed by atoms with Gasteiger partial charge in [-0.1, -0.05) is 108 Å².